The van der Waals surface area contributed by atoms with Crippen molar-refractivity contribution in [1.29, 1.82) is 0 Å². The van der Waals surface area contributed by atoms with E-state index in [1.807, 2.05) is 30.3 Å². The number of nitrogens with two attached hydrogens (primary N) is 1. The van der Waals surface area contributed by atoms with Crippen LogP contribution in [0.2, 0.25) is 0 Å². The summed E-state index contributed by atoms with van der Waals surface area (Å²) in [6.45, 7) is 0. The van der Waals surface area contributed by atoms with E-state index in [1.165, 1.54) is 18.4 Å². The van der Waals surface area contributed by atoms with Crippen LogP contribution < -0.4 is 11.3 Å². The number of aromatic nitrogens is 2. The molecule has 1 aromatic carbocycles. The number of fused-ring (bicyclic) bond motifs is 1. The fraction of sp³-hybridized carbons (Fsp3) is 0.286. The highest BCUT2D eigenvalue weighted by atomic mass is 15.3. The van der Waals surface area contributed by atoms with Gasteiger partial charge in [-0.1, -0.05) is 30.3 Å². The minimum absolute atomic E-state index is 0.754. The van der Waals surface area contributed by atoms with Crippen LogP contribution in [0.1, 0.15) is 24.1 Å². The fourth-order valence-corrected chi connectivity index (χ4v) is 2.43. The molecule has 1 aliphatic rings. The summed E-state index contributed by atoms with van der Waals surface area (Å²) in [7, 11) is 0. The van der Waals surface area contributed by atoms with Crippen molar-refractivity contribution in [1.82, 2.24) is 9.97 Å². The molecule has 1 aromatic heterocycles. The van der Waals surface area contributed by atoms with Crippen molar-refractivity contribution in [2.45, 2.75) is 25.7 Å². The number of nitrogens with one attached hydrogen (secondary N) is 1. The van der Waals surface area contributed by atoms with Gasteiger partial charge in [-0.15, -0.1) is 0 Å². The lowest BCUT2D eigenvalue weighted by Crippen LogP contribution is -2.17. The number of nitrogens with zero attached hydrogens (tertiary/aromatic N) is 2. The van der Waals surface area contributed by atoms with Crippen molar-refractivity contribution in [2.24, 2.45) is 5.84 Å². The number of benzene rings is 1. The molecule has 0 fully saturated rings. The predicted octanol–water partition coefficient (Wildman–Crippen LogP) is 2.31. The molecule has 3 N–H and O–H groups in total. The maximum Gasteiger partial charge on any atom is 0.161 e. The quantitative estimate of drug-likeness (QED) is 0.624. The van der Waals surface area contributed by atoms with Crippen molar-refractivity contribution >= 4 is 5.82 Å². The number of hydrazine groups is 1. The number of rotatable bonds is 2. The highest BCUT2D eigenvalue weighted by Crippen LogP contribution is 2.27. The van der Waals surface area contributed by atoms with Crippen LogP contribution in [0.15, 0.2) is 30.3 Å². The van der Waals surface area contributed by atoms with Crippen LogP contribution >= 0.6 is 0 Å². The Morgan fingerprint density at radius 1 is 1.00 bits per heavy atom. The number of aryl methyl sites for hydroxylation is 1. The molecule has 0 radical (unpaired) electrons. The zero-order chi connectivity index (χ0) is 12.4. The first-order valence-corrected chi connectivity index (χ1v) is 6.30. The van der Waals surface area contributed by atoms with Gasteiger partial charge in [-0.2, -0.15) is 0 Å². The maximum absolute atomic E-state index is 5.58. The van der Waals surface area contributed by atoms with Crippen molar-refractivity contribution in [3.8, 4) is 11.4 Å². The number of nitrogen functional groups attached to an aromatic ring is 1. The molecule has 2 aromatic rings. The maximum atomic E-state index is 5.58. The molecule has 18 heavy (non-hydrogen) atoms. The van der Waals surface area contributed by atoms with Gasteiger partial charge in [0, 0.05) is 16.8 Å². The molecule has 4 heteroatoms. The summed E-state index contributed by atoms with van der Waals surface area (Å²) in [4.78, 5) is 9.21. The van der Waals surface area contributed by atoms with Crippen molar-refractivity contribution in [2.75, 3.05) is 5.43 Å². The Morgan fingerprint density at radius 3 is 2.56 bits per heavy atom. The zero-order valence-corrected chi connectivity index (χ0v) is 10.2. The molecule has 0 spiro atoms. The van der Waals surface area contributed by atoms with E-state index < -0.39 is 0 Å². The average molecular weight is 240 g/mol. The Balaban J connectivity index is 2.12. The number of hydrogen-bond donors (Lipinski definition) is 2. The highest BCUT2D eigenvalue weighted by molar-refractivity contribution is 5.59. The summed E-state index contributed by atoms with van der Waals surface area (Å²) < 4.78 is 0. The van der Waals surface area contributed by atoms with E-state index in [4.69, 9.17) is 5.84 Å². The van der Waals surface area contributed by atoms with Gasteiger partial charge < -0.3 is 5.43 Å². The molecule has 0 saturated carbocycles. The van der Waals surface area contributed by atoms with Gasteiger partial charge in [-0.05, 0) is 25.7 Å². The smallest absolute Gasteiger partial charge is 0.161 e. The van der Waals surface area contributed by atoms with Gasteiger partial charge in [0.1, 0.15) is 5.82 Å². The van der Waals surface area contributed by atoms with Crippen molar-refractivity contribution < 1.29 is 0 Å². The summed E-state index contributed by atoms with van der Waals surface area (Å²) in [5.41, 5.74) is 6.07. The van der Waals surface area contributed by atoms with Crippen LogP contribution in [-0.2, 0) is 12.8 Å². The Morgan fingerprint density at radius 2 is 1.78 bits per heavy atom. The average Bonchev–Trinajstić information content (AvgIpc) is 2.47. The standard InChI is InChI=1S/C14H16N4/c15-18-14-11-8-4-5-9-12(11)16-13(17-14)10-6-2-1-3-7-10/h1-3,6-7H,4-5,8-9,15H2,(H,16,17,18). The van der Waals surface area contributed by atoms with E-state index in [9.17, 15) is 0 Å². The molecule has 0 saturated heterocycles. The Kier molecular flexibility index (Phi) is 2.94. The second-order valence-electron chi connectivity index (χ2n) is 4.54. The molecule has 0 aliphatic heterocycles. The lowest BCUT2D eigenvalue weighted by atomic mass is 9.96. The monoisotopic (exact) mass is 240 g/mol. The molecule has 1 heterocycles. The van der Waals surface area contributed by atoms with Gasteiger partial charge in [0.2, 0.25) is 0 Å². The molecule has 92 valence electrons. The minimum Gasteiger partial charge on any atom is -0.308 e. The van der Waals surface area contributed by atoms with Gasteiger partial charge in [0.05, 0.1) is 0 Å². The SMILES string of the molecule is NNc1nc(-c2ccccc2)nc2c1CCCC2. The Bertz CT molecular complexity index is 534. The highest BCUT2D eigenvalue weighted by Gasteiger charge is 2.17. The fourth-order valence-electron chi connectivity index (χ4n) is 2.43. The summed E-state index contributed by atoms with van der Waals surface area (Å²) >= 11 is 0. The summed E-state index contributed by atoms with van der Waals surface area (Å²) in [6.07, 6.45) is 4.42. The topological polar surface area (TPSA) is 63.8 Å². The first kappa shape index (κ1) is 11.2. The minimum atomic E-state index is 0.754. The van der Waals surface area contributed by atoms with E-state index >= 15 is 0 Å². The summed E-state index contributed by atoms with van der Waals surface area (Å²) in [6, 6.07) is 10.0. The number of anilines is 1. The first-order valence-electron chi connectivity index (χ1n) is 6.30. The molecule has 0 bridgehead atoms. The van der Waals surface area contributed by atoms with E-state index in [2.05, 4.69) is 15.4 Å². The van der Waals surface area contributed by atoms with Gasteiger partial charge in [0.25, 0.3) is 0 Å². The van der Waals surface area contributed by atoms with Gasteiger partial charge in [0.15, 0.2) is 5.82 Å². The Hall–Kier alpha value is -1.94. The zero-order valence-electron chi connectivity index (χ0n) is 10.2. The number of hydrogen-bond acceptors (Lipinski definition) is 4. The second kappa shape index (κ2) is 4.74. The third-order valence-electron chi connectivity index (χ3n) is 3.35. The molecule has 0 unspecified atom stereocenters. The Labute approximate surface area is 106 Å². The van der Waals surface area contributed by atoms with Crippen LogP contribution in [0.25, 0.3) is 11.4 Å². The van der Waals surface area contributed by atoms with E-state index in [0.717, 1.165) is 35.7 Å². The van der Waals surface area contributed by atoms with Crippen molar-refractivity contribution in [3.05, 3.63) is 41.6 Å². The van der Waals surface area contributed by atoms with Gasteiger partial charge in [-0.3, -0.25) is 0 Å². The van der Waals surface area contributed by atoms with Crippen LogP contribution in [0, 0.1) is 0 Å². The molecule has 1 aliphatic carbocycles. The largest absolute Gasteiger partial charge is 0.308 e. The molecule has 0 atom stereocenters. The lowest BCUT2D eigenvalue weighted by molar-refractivity contribution is 0.665. The third kappa shape index (κ3) is 1.95. The van der Waals surface area contributed by atoms with Crippen LogP contribution in [0.4, 0.5) is 5.82 Å². The van der Waals surface area contributed by atoms with Crippen LogP contribution in [0.5, 0.6) is 0 Å². The van der Waals surface area contributed by atoms with Gasteiger partial charge >= 0.3 is 0 Å². The summed E-state index contributed by atoms with van der Waals surface area (Å²) in [5, 5.41) is 0. The van der Waals surface area contributed by atoms with Crippen LogP contribution in [0.3, 0.4) is 0 Å². The summed E-state index contributed by atoms with van der Waals surface area (Å²) in [5.74, 6) is 7.11. The third-order valence-corrected chi connectivity index (χ3v) is 3.35. The normalized spacial score (nSPS) is 14.1. The van der Waals surface area contributed by atoms with E-state index in [-0.39, 0.29) is 0 Å². The second-order valence-corrected chi connectivity index (χ2v) is 4.54. The van der Waals surface area contributed by atoms with Crippen molar-refractivity contribution in [3.63, 3.8) is 0 Å². The molecule has 3 rings (SSSR count). The molecular weight excluding hydrogens is 224 g/mol. The lowest BCUT2D eigenvalue weighted by Gasteiger charge is -2.18. The first-order chi connectivity index (χ1) is 8.88. The molecule has 4 nitrogen and oxygen atoms in total. The predicted molar refractivity (Wildman–Crippen MR) is 71.9 cm³/mol. The van der Waals surface area contributed by atoms with E-state index in [1.54, 1.807) is 0 Å². The van der Waals surface area contributed by atoms with Gasteiger partial charge in [-0.25, -0.2) is 15.8 Å². The van der Waals surface area contributed by atoms with Crippen LogP contribution in [-0.4, -0.2) is 9.97 Å². The molecule has 0 amide bonds. The molecular formula is C14H16N4. The van der Waals surface area contributed by atoms with E-state index in [0.29, 0.717) is 0 Å².